The van der Waals surface area contributed by atoms with E-state index < -0.39 is 60.0 Å². The fourth-order valence-electron chi connectivity index (χ4n) is 3.47. The zero-order chi connectivity index (χ0) is 26.5. The van der Waals surface area contributed by atoms with Crippen LogP contribution in [-0.2, 0) is 12.7 Å². The van der Waals surface area contributed by atoms with Crippen molar-refractivity contribution in [3.8, 4) is 11.6 Å². The topological polar surface area (TPSA) is 86.5 Å². The van der Waals surface area contributed by atoms with Crippen LogP contribution in [0.5, 0.6) is 5.88 Å². The molecule has 0 spiro atoms. The molecule has 17 heteroatoms. The van der Waals surface area contributed by atoms with Gasteiger partial charge in [0.1, 0.15) is 11.2 Å². The van der Waals surface area contributed by atoms with Crippen molar-refractivity contribution in [1.82, 2.24) is 28.9 Å². The first kappa shape index (κ1) is 25.4. The van der Waals surface area contributed by atoms with Gasteiger partial charge in [0.2, 0.25) is 23.1 Å². The van der Waals surface area contributed by atoms with Gasteiger partial charge < -0.3 is 4.74 Å². The molecule has 3 aromatic heterocycles. The maximum absolute atomic E-state index is 14.9. The molecule has 0 bridgehead atoms. The second-order valence-electron chi connectivity index (χ2n) is 7.22. The number of benzene rings is 1. The van der Waals surface area contributed by atoms with E-state index in [1.54, 1.807) is 0 Å². The number of hydrogen-bond acceptors (Lipinski definition) is 5. The van der Waals surface area contributed by atoms with Gasteiger partial charge in [-0.2, -0.15) is 27.9 Å². The lowest BCUT2D eigenvalue weighted by atomic mass is 10.2. The summed E-state index contributed by atoms with van der Waals surface area (Å²) in [7, 11) is 0.977. The summed E-state index contributed by atoms with van der Waals surface area (Å²) in [5.74, 6) is -3.33. The van der Waals surface area contributed by atoms with E-state index in [1.807, 2.05) is 0 Å². The molecule has 3 heterocycles. The van der Waals surface area contributed by atoms with Crippen LogP contribution in [0.15, 0.2) is 24.4 Å². The van der Waals surface area contributed by atoms with Gasteiger partial charge >= 0.3 is 6.18 Å². The second-order valence-corrected chi connectivity index (χ2v) is 7.56. The Morgan fingerprint density at radius 1 is 1.11 bits per heavy atom. The predicted molar refractivity (Wildman–Crippen MR) is 107 cm³/mol. The Morgan fingerprint density at radius 3 is 2.31 bits per heavy atom. The number of alkyl halides is 6. The average Bonchev–Trinajstić information content (AvgIpc) is 3.32. The van der Waals surface area contributed by atoms with E-state index >= 15 is 0 Å². The van der Waals surface area contributed by atoms with E-state index in [1.165, 1.54) is 0 Å². The summed E-state index contributed by atoms with van der Waals surface area (Å²) < 4.78 is 115. The zero-order valence-electron chi connectivity index (χ0n) is 17.7. The molecule has 0 aliphatic rings. The average molecular weight is 542 g/mol. The molecule has 192 valence electrons. The summed E-state index contributed by atoms with van der Waals surface area (Å²) in [6.07, 6.45) is -10.5. The van der Waals surface area contributed by atoms with Crippen LogP contribution in [-0.4, -0.2) is 42.4 Å². The Kier molecular flexibility index (Phi) is 6.40. The zero-order valence-corrected chi connectivity index (χ0v) is 18.4. The van der Waals surface area contributed by atoms with Crippen molar-refractivity contribution in [2.24, 2.45) is 0 Å². The number of hydrogen-bond donors (Lipinski definition) is 1. The molecular weight excluding hydrogens is 530 g/mol. The lowest BCUT2D eigenvalue weighted by Gasteiger charge is -2.12. The number of nitrogens with one attached hydrogen (secondary N) is 1. The van der Waals surface area contributed by atoms with E-state index in [-0.39, 0.29) is 31.3 Å². The summed E-state index contributed by atoms with van der Waals surface area (Å²) in [5, 5.41) is 10.9. The number of methoxy groups -OCH3 is 1. The molecule has 8 nitrogen and oxygen atoms in total. The molecule has 1 atom stereocenters. The normalized spacial score (nSPS) is 13.1. The van der Waals surface area contributed by atoms with Gasteiger partial charge in [-0.25, -0.2) is 26.9 Å². The van der Waals surface area contributed by atoms with Gasteiger partial charge in [0.25, 0.3) is 6.43 Å². The highest BCUT2D eigenvalue weighted by Gasteiger charge is 2.36. The van der Waals surface area contributed by atoms with E-state index in [0.717, 1.165) is 17.9 Å². The van der Waals surface area contributed by atoms with Crippen molar-refractivity contribution >= 4 is 22.8 Å². The van der Waals surface area contributed by atoms with Gasteiger partial charge in [-0.15, -0.1) is 0 Å². The monoisotopic (exact) mass is 541 g/mol. The van der Waals surface area contributed by atoms with Gasteiger partial charge in [-0.3, -0.25) is 14.5 Å². The van der Waals surface area contributed by atoms with Crippen molar-refractivity contribution in [2.45, 2.75) is 25.4 Å². The molecule has 0 saturated carbocycles. The van der Waals surface area contributed by atoms with Crippen LogP contribution in [0.25, 0.3) is 16.9 Å². The first-order valence-corrected chi connectivity index (χ1v) is 10.0. The molecule has 1 unspecified atom stereocenters. The summed E-state index contributed by atoms with van der Waals surface area (Å²) in [6, 6.07) is 1.88. The van der Waals surface area contributed by atoms with Gasteiger partial charge in [0.15, 0.2) is 23.0 Å². The van der Waals surface area contributed by atoms with Crippen LogP contribution in [0.2, 0.25) is 5.28 Å². The van der Waals surface area contributed by atoms with Gasteiger partial charge in [0, 0.05) is 6.07 Å². The first-order valence-electron chi connectivity index (χ1n) is 9.63. The third kappa shape index (κ3) is 4.36. The Labute approximate surface area is 199 Å². The van der Waals surface area contributed by atoms with Gasteiger partial charge in [-0.05, 0) is 29.3 Å². The molecule has 0 fully saturated rings. The fraction of sp³-hybridized carbons (Fsp3) is 0.263. The molecule has 0 aliphatic heterocycles. The first-order chi connectivity index (χ1) is 16.8. The number of aromatic nitrogens is 6. The number of fused-ring (bicyclic) bond motifs is 1. The third-order valence-corrected chi connectivity index (χ3v) is 5.16. The van der Waals surface area contributed by atoms with Crippen LogP contribution in [0.3, 0.4) is 0 Å². The van der Waals surface area contributed by atoms with E-state index in [9.17, 15) is 35.1 Å². The molecular formula is C19H12ClF8N7O. The van der Waals surface area contributed by atoms with Gasteiger partial charge in [0.05, 0.1) is 19.9 Å². The fourth-order valence-corrected chi connectivity index (χ4v) is 3.60. The number of imidazole rings is 1. The molecule has 0 amide bonds. The highest BCUT2D eigenvalue weighted by Crippen LogP contribution is 2.33. The molecule has 4 rings (SSSR count). The highest BCUT2D eigenvalue weighted by atomic mass is 35.5. The Hall–Kier alpha value is -3.69. The van der Waals surface area contributed by atoms with Crippen LogP contribution < -0.4 is 10.4 Å². The maximum Gasteiger partial charge on any atom is 0.435 e. The minimum absolute atomic E-state index is 0.212. The third-order valence-electron chi connectivity index (χ3n) is 4.98. The summed E-state index contributed by atoms with van der Waals surface area (Å²) in [6.45, 7) is -0.580. The number of ether oxygens (including phenoxy) is 1. The van der Waals surface area contributed by atoms with E-state index in [4.69, 9.17) is 21.7 Å². The minimum Gasteiger partial charge on any atom is -0.481 e. The summed E-state index contributed by atoms with van der Waals surface area (Å²) in [4.78, 5) is 7.38. The predicted octanol–water partition coefficient (Wildman–Crippen LogP) is 4.64. The van der Waals surface area contributed by atoms with Crippen molar-refractivity contribution in [3.63, 3.8) is 0 Å². The highest BCUT2D eigenvalue weighted by molar-refractivity contribution is 6.28. The SMILES string of the molecule is COc1cc(C(F)(F)F)nn1-c1c(F)cc(Cn2c(=N)n(C(F)C(F)F)c3cnc(Cl)nc32)cc1F. The van der Waals surface area contributed by atoms with Crippen LogP contribution in [0.4, 0.5) is 35.1 Å². The van der Waals surface area contributed by atoms with Crippen molar-refractivity contribution in [2.75, 3.05) is 7.11 Å². The minimum atomic E-state index is -4.92. The summed E-state index contributed by atoms with van der Waals surface area (Å²) in [5.41, 5.74) is -4.12. The smallest absolute Gasteiger partial charge is 0.435 e. The molecule has 0 radical (unpaired) electrons. The standard InChI is InChI=1S/C19H12ClF8N7O/c1-36-12-4-11(19(26,27)28)32-35(12)13-8(21)2-7(3-9(13)22)6-33-16-10(5-30-17(20)31-16)34(18(33)29)15(25)14(23)24/h2-5,14-15,29H,6H2,1H3. The lowest BCUT2D eigenvalue weighted by Crippen LogP contribution is -2.29. The summed E-state index contributed by atoms with van der Waals surface area (Å²) >= 11 is 5.73. The Bertz CT molecular complexity index is 1490. The molecule has 1 aromatic carbocycles. The Morgan fingerprint density at radius 2 is 1.75 bits per heavy atom. The van der Waals surface area contributed by atoms with Crippen molar-refractivity contribution in [1.29, 1.82) is 5.41 Å². The molecule has 0 saturated heterocycles. The van der Waals surface area contributed by atoms with Crippen LogP contribution in [0, 0.1) is 17.0 Å². The van der Waals surface area contributed by atoms with Gasteiger partial charge in [-0.1, -0.05) is 0 Å². The largest absolute Gasteiger partial charge is 0.481 e. The van der Waals surface area contributed by atoms with E-state index in [0.29, 0.717) is 18.2 Å². The number of rotatable bonds is 6. The van der Waals surface area contributed by atoms with Crippen molar-refractivity contribution in [3.05, 3.63) is 58.2 Å². The van der Waals surface area contributed by atoms with Crippen LogP contribution in [0.1, 0.15) is 17.6 Å². The lowest BCUT2D eigenvalue weighted by molar-refractivity contribution is -0.141. The molecule has 36 heavy (non-hydrogen) atoms. The molecule has 0 aliphatic carbocycles. The molecule has 4 aromatic rings. The number of halogens is 9. The maximum atomic E-state index is 14.9. The quantitative estimate of drug-likeness (QED) is 0.285. The second kappa shape index (κ2) is 9.07. The van der Waals surface area contributed by atoms with Crippen molar-refractivity contribution < 1.29 is 39.9 Å². The molecule has 1 N–H and O–H groups in total. The Balaban J connectivity index is 1.82. The van der Waals surface area contributed by atoms with E-state index in [2.05, 4.69) is 15.1 Å². The van der Waals surface area contributed by atoms with Crippen LogP contribution >= 0.6 is 11.6 Å². The number of nitrogens with zero attached hydrogens (tertiary/aromatic N) is 6.